The first kappa shape index (κ1) is 30.2. The Bertz CT molecular complexity index is 1680. The van der Waals surface area contributed by atoms with Crippen molar-refractivity contribution in [3.8, 4) is 28.5 Å². The standard InChI is InChI=1S/C34H35N5O3S/c1-34(2,3)43(42)39-22-28-20-29(33(41)37-17-13-23-11-15-36-16-12-23)38-32(31(28)30(39)14-18-40)27-6-4-5-26(19-27)25-9-7-24(21-35)8-10-25/h4-12,15-16,19-20,30,40H,13-14,17-18,22H2,1-3H3,(H,37,41)/t30-,43-/m1/s1. The maximum atomic E-state index is 13.7. The molecule has 2 aromatic heterocycles. The van der Waals surface area contributed by atoms with Gasteiger partial charge in [-0.1, -0.05) is 30.3 Å². The highest BCUT2D eigenvalue weighted by Crippen LogP contribution is 2.44. The molecule has 2 N–H and O–H groups in total. The van der Waals surface area contributed by atoms with Gasteiger partial charge in [0.2, 0.25) is 0 Å². The molecule has 0 saturated heterocycles. The van der Waals surface area contributed by atoms with E-state index < -0.39 is 15.7 Å². The molecule has 9 heteroatoms. The molecular formula is C34H35N5O3S. The summed E-state index contributed by atoms with van der Waals surface area (Å²) in [5.41, 5.74) is 7.06. The summed E-state index contributed by atoms with van der Waals surface area (Å²) in [7, 11) is -1.35. The van der Waals surface area contributed by atoms with E-state index in [0.29, 0.717) is 42.9 Å². The van der Waals surface area contributed by atoms with E-state index in [0.717, 1.165) is 33.4 Å². The van der Waals surface area contributed by atoms with Gasteiger partial charge in [0.05, 0.1) is 28.1 Å². The lowest BCUT2D eigenvalue weighted by atomic mass is 9.94. The molecule has 220 valence electrons. The van der Waals surface area contributed by atoms with Gasteiger partial charge in [0.1, 0.15) is 16.7 Å². The predicted molar refractivity (Wildman–Crippen MR) is 168 cm³/mol. The fourth-order valence-electron chi connectivity index (χ4n) is 5.35. The average Bonchev–Trinajstić information content (AvgIpc) is 3.38. The van der Waals surface area contributed by atoms with E-state index in [4.69, 9.17) is 4.98 Å². The van der Waals surface area contributed by atoms with Crippen LogP contribution in [0.15, 0.2) is 79.1 Å². The smallest absolute Gasteiger partial charge is 0.269 e. The van der Waals surface area contributed by atoms with Crippen LogP contribution in [-0.4, -0.2) is 47.4 Å². The molecule has 0 bridgehead atoms. The number of amides is 1. The lowest BCUT2D eigenvalue weighted by molar-refractivity contribution is 0.0949. The predicted octanol–water partition coefficient (Wildman–Crippen LogP) is 5.36. The number of hydrogen-bond acceptors (Lipinski definition) is 6. The molecule has 5 rings (SSSR count). The summed E-state index contributed by atoms with van der Waals surface area (Å²) in [6, 6.07) is 22.8. The number of hydrogen-bond donors (Lipinski definition) is 2. The van der Waals surface area contributed by atoms with Crippen LogP contribution in [-0.2, 0) is 24.0 Å². The molecule has 1 amide bonds. The van der Waals surface area contributed by atoms with Crippen LogP contribution in [0, 0.1) is 11.3 Å². The first-order chi connectivity index (χ1) is 20.7. The zero-order chi connectivity index (χ0) is 30.6. The van der Waals surface area contributed by atoms with Gasteiger partial charge in [0, 0.05) is 43.2 Å². The third-order valence-corrected chi connectivity index (χ3v) is 9.31. The Hall–Kier alpha value is -4.23. The molecule has 1 aliphatic rings. The zero-order valence-electron chi connectivity index (χ0n) is 24.6. The molecule has 43 heavy (non-hydrogen) atoms. The molecule has 0 unspecified atom stereocenters. The van der Waals surface area contributed by atoms with Gasteiger partial charge in [-0.15, -0.1) is 0 Å². The Balaban J connectivity index is 1.56. The van der Waals surface area contributed by atoms with E-state index >= 15 is 0 Å². The minimum Gasteiger partial charge on any atom is -0.396 e. The third kappa shape index (κ3) is 6.73. The lowest BCUT2D eigenvalue weighted by Crippen LogP contribution is -2.36. The third-order valence-electron chi connectivity index (χ3n) is 7.46. The van der Waals surface area contributed by atoms with Crippen molar-refractivity contribution in [1.82, 2.24) is 19.6 Å². The second kappa shape index (κ2) is 13.0. The maximum absolute atomic E-state index is 13.7. The summed E-state index contributed by atoms with van der Waals surface area (Å²) in [4.78, 5) is 22.4. The number of nitriles is 1. The van der Waals surface area contributed by atoms with Crippen LogP contribution >= 0.6 is 0 Å². The van der Waals surface area contributed by atoms with Crippen molar-refractivity contribution < 1.29 is 14.1 Å². The van der Waals surface area contributed by atoms with E-state index in [-0.39, 0.29) is 18.6 Å². The minimum absolute atomic E-state index is 0.0795. The quantitative estimate of drug-likeness (QED) is 0.270. The first-order valence-corrected chi connectivity index (χ1v) is 15.4. The summed E-state index contributed by atoms with van der Waals surface area (Å²) in [6.07, 6.45) is 4.51. The number of carbonyl (C=O) groups excluding carboxylic acids is 1. The van der Waals surface area contributed by atoms with Gasteiger partial charge in [-0.25, -0.2) is 13.5 Å². The highest BCUT2D eigenvalue weighted by molar-refractivity contribution is 7.84. The fourth-order valence-corrected chi connectivity index (χ4v) is 6.75. The molecule has 0 radical (unpaired) electrons. The Labute approximate surface area is 255 Å². The van der Waals surface area contributed by atoms with E-state index in [1.165, 1.54) is 0 Å². The Morgan fingerprint density at radius 1 is 1.07 bits per heavy atom. The van der Waals surface area contributed by atoms with Gasteiger partial charge >= 0.3 is 0 Å². The monoisotopic (exact) mass is 593 g/mol. The molecule has 8 nitrogen and oxygen atoms in total. The molecule has 0 saturated carbocycles. The molecule has 1 aliphatic heterocycles. The number of benzene rings is 2. The van der Waals surface area contributed by atoms with Crippen molar-refractivity contribution in [2.45, 2.75) is 50.9 Å². The lowest BCUT2D eigenvalue weighted by Gasteiger charge is -2.30. The van der Waals surface area contributed by atoms with Crippen LogP contribution in [0.4, 0.5) is 0 Å². The topological polar surface area (TPSA) is 119 Å². The first-order valence-electron chi connectivity index (χ1n) is 14.3. The van der Waals surface area contributed by atoms with Crippen molar-refractivity contribution in [3.05, 3.63) is 107 Å². The number of aliphatic hydroxyl groups excluding tert-OH is 1. The maximum Gasteiger partial charge on any atom is 0.269 e. The van der Waals surface area contributed by atoms with Crippen molar-refractivity contribution in [3.63, 3.8) is 0 Å². The van der Waals surface area contributed by atoms with Crippen LogP contribution in [0.2, 0.25) is 0 Å². The van der Waals surface area contributed by atoms with Gasteiger partial charge in [-0.05, 0) is 92.3 Å². The normalized spacial score (nSPS) is 15.5. The van der Waals surface area contributed by atoms with Crippen LogP contribution in [0.3, 0.4) is 0 Å². The number of nitrogens with zero attached hydrogens (tertiary/aromatic N) is 4. The second-order valence-corrected chi connectivity index (χ2v) is 13.7. The molecule has 0 aliphatic carbocycles. The Kier molecular flexibility index (Phi) is 9.11. The summed E-state index contributed by atoms with van der Waals surface area (Å²) in [6.45, 7) is 6.55. The van der Waals surface area contributed by atoms with Gasteiger partial charge in [0.25, 0.3) is 5.91 Å². The number of pyridine rings is 2. The van der Waals surface area contributed by atoms with Gasteiger partial charge in [-0.2, -0.15) is 5.26 Å². The molecule has 3 heterocycles. The zero-order valence-corrected chi connectivity index (χ0v) is 25.4. The number of rotatable bonds is 9. The van der Waals surface area contributed by atoms with Crippen LogP contribution in [0.5, 0.6) is 0 Å². The summed E-state index contributed by atoms with van der Waals surface area (Å²) < 4.78 is 15.1. The van der Waals surface area contributed by atoms with Crippen molar-refractivity contribution >= 4 is 16.9 Å². The highest BCUT2D eigenvalue weighted by Gasteiger charge is 2.40. The minimum atomic E-state index is -1.35. The summed E-state index contributed by atoms with van der Waals surface area (Å²) in [5, 5.41) is 22.3. The van der Waals surface area contributed by atoms with Gasteiger partial charge in [-0.3, -0.25) is 9.78 Å². The Morgan fingerprint density at radius 3 is 2.47 bits per heavy atom. The van der Waals surface area contributed by atoms with E-state index in [2.05, 4.69) is 16.4 Å². The largest absolute Gasteiger partial charge is 0.396 e. The summed E-state index contributed by atoms with van der Waals surface area (Å²) in [5.74, 6) is -0.282. The van der Waals surface area contributed by atoms with Crippen LogP contribution in [0.1, 0.15) is 66.0 Å². The van der Waals surface area contributed by atoms with E-state index in [1.807, 2.05) is 73.6 Å². The fraction of sp³-hybridized carbons (Fsp3) is 0.294. The second-order valence-electron chi connectivity index (χ2n) is 11.5. The van der Waals surface area contributed by atoms with Crippen LogP contribution in [0.25, 0.3) is 22.4 Å². The molecule has 0 spiro atoms. The van der Waals surface area contributed by atoms with Crippen LogP contribution < -0.4 is 5.32 Å². The molecule has 4 aromatic rings. The number of carbonyl (C=O) groups is 1. The number of aliphatic hydroxyl groups is 1. The van der Waals surface area contributed by atoms with Crippen molar-refractivity contribution in [2.24, 2.45) is 0 Å². The van der Waals surface area contributed by atoms with Crippen molar-refractivity contribution in [2.75, 3.05) is 13.2 Å². The number of aromatic nitrogens is 2. The van der Waals surface area contributed by atoms with E-state index in [9.17, 15) is 19.4 Å². The van der Waals surface area contributed by atoms with Gasteiger partial charge in [0.15, 0.2) is 0 Å². The number of nitrogens with one attached hydrogen (secondary N) is 1. The van der Waals surface area contributed by atoms with E-state index in [1.54, 1.807) is 30.6 Å². The molecule has 0 fully saturated rings. The Morgan fingerprint density at radius 2 is 1.79 bits per heavy atom. The molecule has 2 aromatic carbocycles. The highest BCUT2D eigenvalue weighted by atomic mass is 32.2. The van der Waals surface area contributed by atoms with Crippen molar-refractivity contribution in [1.29, 1.82) is 5.26 Å². The molecular weight excluding hydrogens is 558 g/mol. The van der Waals surface area contributed by atoms with Gasteiger partial charge < -0.3 is 10.4 Å². The summed E-state index contributed by atoms with van der Waals surface area (Å²) >= 11 is 0. The average molecular weight is 594 g/mol. The SMILES string of the molecule is CC(C)(C)[S@@](=O)N1Cc2cc(C(=O)NCCc3ccncc3)nc(-c3cccc(-c4ccc(C#N)cc4)c3)c2[C@H]1CCO. The number of fused-ring (bicyclic) bond motifs is 1. The molecule has 2 atom stereocenters.